The van der Waals surface area contributed by atoms with E-state index in [1.807, 2.05) is 43.3 Å². The van der Waals surface area contributed by atoms with Gasteiger partial charge in [0.15, 0.2) is 0 Å². The molecule has 1 saturated heterocycles. The van der Waals surface area contributed by atoms with Gasteiger partial charge in [-0.15, -0.1) is 0 Å². The lowest BCUT2D eigenvalue weighted by Gasteiger charge is -2.26. The minimum Gasteiger partial charge on any atom is -0.496 e. The normalized spacial score (nSPS) is 16.0. The molecule has 1 amide bonds. The number of nitrogens with zero attached hydrogens (tertiary/aromatic N) is 2. The molecule has 9 heteroatoms. The van der Waals surface area contributed by atoms with Crippen molar-refractivity contribution >= 4 is 15.9 Å². The van der Waals surface area contributed by atoms with E-state index in [-0.39, 0.29) is 16.5 Å². The Kier molecular flexibility index (Phi) is 8.93. The highest BCUT2D eigenvalue weighted by atomic mass is 32.2. The number of carbonyl (C=O) groups excluding carboxylic acids is 1. The first-order valence-electron chi connectivity index (χ1n) is 11.5. The molecule has 0 saturated carbocycles. The minimum atomic E-state index is -3.69. The highest BCUT2D eigenvalue weighted by Gasteiger charge is 2.27. The first-order chi connectivity index (χ1) is 16.3. The number of hydrogen-bond donors (Lipinski definition) is 1. The summed E-state index contributed by atoms with van der Waals surface area (Å²) >= 11 is 0. The van der Waals surface area contributed by atoms with Crippen LogP contribution in [0.25, 0.3) is 0 Å². The van der Waals surface area contributed by atoms with Crippen molar-refractivity contribution in [2.45, 2.75) is 36.6 Å². The molecule has 8 nitrogen and oxygen atoms in total. The summed E-state index contributed by atoms with van der Waals surface area (Å²) in [5, 5.41) is 2.95. The maximum atomic E-state index is 13.3. The molecule has 0 aromatic heterocycles. The Bertz CT molecular complexity index is 1080. The van der Waals surface area contributed by atoms with E-state index in [0.717, 1.165) is 37.0 Å². The van der Waals surface area contributed by atoms with Crippen LogP contribution in [0.1, 0.15) is 47.6 Å². The van der Waals surface area contributed by atoms with Gasteiger partial charge in [-0.2, -0.15) is 4.31 Å². The Balaban J connectivity index is 1.84. The Hall–Kier alpha value is -2.62. The molecule has 3 rings (SSSR count). The third kappa shape index (κ3) is 5.89. The summed E-state index contributed by atoms with van der Waals surface area (Å²) in [6.07, 6.45) is 3.75. The molecule has 1 fully saturated rings. The predicted octanol–water partition coefficient (Wildman–Crippen LogP) is 3.30. The largest absolute Gasteiger partial charge is 0.496 e. The summed E-state index contributed by atoms with van der Waals surface area (Å²) in [6, 6.07) is 12.0. The average Bonchev–Trinajstić information content (AvgIpc) is 3.14. The highest BCUT2D eigenvalue weighted by Crippen LogP contribution is 2.29. The van der Waals surface area contributed by atoms with Crippen molar-refractivity contribution in [1.82, 2.24) is 14.5 Å². The maximum Gasteiger partial charge on any atom is 0.255 e. The van der Waals surface area contributed by atoms with Crippen LogP contribution in [-0.2, 0) is 10.0 Å². The summed E-state index contributed by atoms with van der Waals surface area (Å²) in [5.74, 6) is 0.663. The van der Waals surface area contributed by atoms with Crippen LogP contribution in [0.4, 0.5) is 0 Å². The molecule has 186 valence electrons. The van der Waals surface area contributed by atoms with E-state index in [2.05, 4.69) is 5.32 Å². The number of para-hydroxylation sites is 1. The van der Waals surface area contributed by atoms with Gasteiger partial charge in [-0.3, -0.25) is 4.79 Å². The molecule has 34 heavy (non-hydrogen) atoms. The number of likely N-dealkylation sites (N-methyl/N-ethyl adjacent to an activating group) is 1. The number of amides is 1. The van der Waals surface area contributed by atoms with Crippen molar-refractivity contribution in [3.63, 3.8) is 0 Å². The average molecular weight is 490 g/mol. The van der Waals surface area contributed by atoms with Gasteiger partial charge in [0, 0.05) is 25.2 Å². The molecule has 1 atom stereocenters. The standard InChI is InChI=1S/C25H35N3O5S/c1-27(2)22(20-11-7-8-12-23(20)32-3)18-26-25(29)21-17-19(13-14-24(21)33-4)34(30,31)28-15-9-5-6-10-16-28/h7-8,11-14,17,22H,5-6,9-10,15-16,18H2,1-4H3,(H,26,29). The van der Waals surface area contributed by atoms with E-state index in [9.17, 15) is 13.2 Å². The second kappa shape index (κ2) is 11.7. The molecule has 1 aliphatic rings. The summed E-state index contributed by atoms with van der Waals surface area (Å²) in [6.45, 7) is 1.30. The lowest BCUT2D eigenvalue weighted by Crippen LogP contribution is -2.35. The van der Waals surface area contributed by atoms with Gasteiger partial charge in [0.05, 0.1) is 30.7 Å². The van der Waals surface area contributed by atoms with Crippen LogP contribution < -0.4 is 14.8 Å². The van der Waals surface area contributed by atoms with Gasteiger partial charge < -0.3 is 19.7 Å². The van der Waals surface area contributed by atoms with Crippen LogP contribution >= 0.6 is 0 Å². The number of nitrogens with one attached hydrogen (secondary N) is 1. The fourth-order valence-corrected chi connectivity index (χ4v) is 5.80. The predicted molar refractivity (Wildman–Crippen MR) is 132 cm³/mol. The van der Waals surface area contributed by atoms with Crippen LogP contribution in [0.5, 0.6) is 11.5 Å². The van der Waals surface area contributed by atoms with Crippen molar-refractivity contribution in [3.8, 4) is 11.5 Å². The smallest absolute Gasteiger partial charge is 0.255 e. The van der Waals surface area contributed by atoms with Gasteiger partial charge in [-0.25, -0.2) is 8.42 Å². The van der Waals surface area contributed by atoms with E-state index in [1.54, 1.807) is 13.2 Å². The van der Waals surface area contributed by atoms with Gasteiger partial charge in [0.1, 0.15) is 11.5 Å². The molecule has 0 radical (unpaired) electrons. The number of methoxy groups -OCH3 is 2. The van der Waals surface area contributed by atoms with Crippen molar-refractivity contribution in [2.75, 3.05) is 47.9 Å². The van der Waals surface area contributed by atoms with Crippen LogP contribution in [0, 0.1) is 0 Å². The number of hydrogen-bond acceptors (Lipinski definition) is 6. The van der Waals surface area contributed by atoms with E-state index >= 15 is 0 Å². The first kappa shape index (κ1) is 26.0. The quantitative estimate of drug-likeness (QED) is 0.582. The zero-order valence-corrected chi connectivity index (χ0v) is 21.2. The van der Waals surface area contributed by atoms with E-state index < -0.39 is 15.9 Å². The SMILES string of the molecule is COc1ccc(S(=O)(=O)N2CCCCCC2)cc1C(=O)NCC(c1ccccc1OC)N(C)C. The minimum absolute atomic E-state index is 0.106. The van der Waals surface area contributed by atoms with Crippen LogP contribution in [0.2, 0.25) is 0 Å². The summed E-state index contributed by atoms with van der Waals surface area (Å²) < 4.78 is 38.9. The van der Waals surface area contributed by atoms with Gasteiger partial charge in [-0.1, -0.05) is 31.0 Å². The number of benzene rings is 2. The third-order valence-electron chi connectivity index (χ3n) is 6.20. The molecular weight excluding hydrogens is 454 g/mol. The maximum absolute atomic E-state index is 13.3. The highest BCUT2D eigenvalue weighted by molar-refractivity contribution is 7.89. The molecule has 2 aromatic rings. The zero-order valence-electron chi connectivity index (χ0n) is 20.4. The number of rotatable bonds is 9. The lowest BCUT2D eigenvalue weighted by atomic mass is 10.0. The molecule has 0 aliphatic carbocycles. The fraction of sp³-hybridized carbons (Fsp3) is 0.480. The summed E-state index contributed by atoms with van der Waals surface area (Å²) in [5.41, 5.74) is 1.13. The van der Waals surface area contributed by atoms with Crippen LogP contribution in [0.15, 0.2) is 47.4 Å². The Morgan fingerprint density at radius 3 is 2.26 bits per heavy atom. The number of ether oxygens (including phenoxy) is 2. The summed E-state index contributed by atoms with van der Waals surface area (Å²) in [4.78, 5) is 15.3. The molecular formula is C25H35N3O5S. The van der Waals surface area contributed by atoms with E-state index in [0.29, 0.717) is 25.4 Å². The van der Waals surface area contributed by atoms with E-state index in [1.165, 1.54) is 23.5 Å². The second-order valence-electron chi connectivity index (χ2n) is 8.61. The Morgan fingerprint density at radius 1 is 1.00 bits per heavy atom. The molecule has 2 aromatic carbocycles. The molecule has 1 heterocycles. The summed E-state index contributed by atoms with van der Waals surface area (Å²) in [7, 11) is 3.25. The van der Waals surface area contributed by atoms with Crippen molar-refractivity contribution in [1.29, 1.82) is 0 Å². The van der Waals surface area contributed by atoms with Crippen molar-refractivity contribution in [3.05, 3.63) is 53.6 Å². The fourth-order valence-electron chi connectivity index (χ4n) is 4.25. The first-order valence-corrected chi connectivity index (χ1v) is 13.0. The second-order valence-corrected chi connectivity index (χ2v) is 10.5. The number of carbonyl (C=O) groups is 1. The topological polar surface area (TPSA) is 88.2 Å². The van der Waals surface area contributed by atoms with Gasteiger partial charge in [-0.05, 0) is 51.2 Å². The lowest BCUT2D eigenvalue weighted by molar-refractivity contribution is 0.0938. The molecule has 0 bridgehead atoms. The molecule has 1 unspecified atom stereocenters. The van der Waals surface area contributed by atoms with Gasteiger partial charge in [0.2, 0.25) is 10.0 Å². The van der Waals surface area contributed by atoms with Gasteiger partial charge >= 0.3 is 0 Å². The third-order valence-corrected chi connectivity index (χ3v) is 8.09. The van der Waals surface area contributed by atoms with Crippen molar-refractivity contribution < 1.29 is 22.7 Å². The monoisotopic (exact) mass is 489 g/mol. The van der Waals surface area contributed by atoms with Crippen LogP contribution in [0.3, 0.4) is 0 Å². The van der Waals surface area contributed by atoms with Gasteiger partial charge in [0.25, 0.3) is 5.91 Å². The number of sulfonamides is 1. The Labute approximate surface area is 202 Å². The van der Waals surface area contributed by atoms with Crippen molar-refractivity contribution in [2.24, 2.45) is 0 Å². The zero-order chi connectivity index (χ0) is 24.7. The molecule has 1 N–H and O–H groups in total. The van der Waals surface area contributed by atoms with E-state index in [4.69, 9.17) is 9.47 Å². The molecule has 0 spiro atoms. The molecule has 1 aliphatic heterocycles. The Morgan fingerprint density at radius 2 is 1.65 bits per heavy atom. The van der Waals surface area contributed by atoms with Crippen LogP contribution in [-0.4, -0.2) is 71.5 Å².